The summed E-state index contributed by atoms with van der Waals surface area (Å²) in [5, 5.41) is 29.5. The molecule has 0 saturated heterocycles. The maximum absolute atomic E-state index is 10.6. The van der Waals surface area contributed by atoms with Gasteiger partial charge >= 0.3 is 5.97 Å². The molecule has 0 heterocycles. The van der Waals surface area contributed by atoms with E-state index in [1.165, 1.54) is 5.57 Å². The highest BCUT2D eigenvalue weighted by Gasteiger charge is 2.44. The molecule has 0 aromatic heterocycles. The molecule has 148 valence electrons. The number of aliphatic carboxylic acids is 1. The fourth-order valence-electron chi connectivity index (χ4n) is 4.63. The number of hydrogen-bond donors (Lipinski definition) is 3. The SMILES string of the molecule is CCCCC(C)[C@@H](O)C=C[C@@H]1[C@H]2CC(=CCCCC(=O)O)C[C@@H]2C[C@H]1O. The van der Waals surface area contributed by atoms with E-state index in [4.69, 9.17) is 5.11 Å². The summed E-state index contributed by atoms with van der Waals surface area (Å²) in [5.74, 6) is 0.656. The molecule has 2 rings (SSSR count). The van der Waals surface area contributed by atoms with Crippen LogP contribution in [0, 0.1) is 23.7 Å². The summed E-state index contributed by atoms with van der Waals surface area (Å²) >= 11 is 0. The number of unbranched alkanes of at least 4 members (excludes halogenated alkanes) is 2. The number of aliphatic hydroxyl groups is 2. The van der Waals surface area contributed by atoms with Gasteiger partial charge in [0.25, 0.3) is 0 Å². The third-order valence-electron chi connectivity index (χ3n) is 6.27. The minimum Gasteiger partial charge on any atom is -0.481 e. The summed E-state index contributed by atoms with van der Waals surface area (Å²) in [6.45, 7) is 4.25. The van der Waals surface area contributed by atoms with Gasteiger partial charge in [-0.3, -0.25) is 4.79 Å². The summed E-state index contributed by atoms with van der Waals surface area (Å²) in [5.41, 5.74) is 1.42. The van der Waals surface area contributed by atoms with Crippen molar-refractivity contribution < 1.29 is 20.1 Å². The molecule has 4 nitrogen and oxygen atoms in total. The Kier molecular flexibility index (Phi) is 8.36. The summed E-state index contributed by atoms with van der Waals surface area (Å²) < 4.78 is 0. The van der Waals surface area contributed by atoms with Crippen LogP contribution in [0.4, 0.5) is 0 Å². The van der Waals surface area contributed by atoms with E-state index >= 15 is 0 Å². The Morgan fingerprint density at radius 3 is 2.77 bits per heavy atom. The topological polar surface area (TPSA) is 77.8 Å². The van der Waals surface area contributed by atoms with Crippen molar-refractivity contribution in [3.63, 3.8) is 0 Å². The first-order valence-corrected chi connectivity index (χ1v) is 10.4. The second-order valence-electron chi connectivity index (χ2n) is 8.36. The van der Waals surface area contributed by atoms with Crippen LogP contribution in [0.25, 0.3) is 0 Å². The lowest BCUT2D eigenvalue weighted by Crippen LogP contribution is -2.19. The van der Waals surface area contributed by atoms with E-state index in [1.54, 1.807) is 0 Å². The van der Waals surface area contributed by atoms with Crippen LogP contribution in [0.2, 0.25) is 0 Å². The van der Waals surface area contributed by atoms with Crippen molar-refractivity contribution >= 4 is 5.97 Å². The van der Waals surface area contributed by atoms with E-state index in [9.17, 15) is 15.0 Å². The predicted octanol–water partition coefficient (Wildman–Crippen LogP) is 4.32. The van der Waals surface area contributed by atoms with Gasteiger partial charge in [-0.15, -0.1) is 0 Å². The van der Waals surface area contributed by atoms with E-state index in [1.807, 2.05) is 6.08 Å². The van der Waals surface area contributed by atoms with Gasteiger partial charge in [-0.05, 0) is 56.3 Å². The standard InChI is InChI=1S/C22H36O4/c1-3-4-7-15(2)20(23)11-10-18-19-13-16(8-5-6-9-22(25)26)12-17(19)14-21(18)24/h8,10-11,15,17-21,23-24H,3-7,9,12-14H2,1-2H3,(H,25,26)/t15?,17-,18-,19+,20+,21-/m1/s1. The van der Waals surface area contributed by atoms with Crippen LogP contribution in [0.15, 0.2) is 23.8 Å². The second-order valence-corrected chi connectivity index (χ2v) is 8.36. The summed E-state index contributed by atoms with van der Waals surface area (Å²) in [4.78, 5) is 10.6. The van der Waals surface area contributed by atoms with Crippen LogP contribution < -0.4 is 0 Å². The van der Waals surface area contributed by atoms with Gasteiger partial charge in [0.2, 0.25) is 0 Å². The van der Waals surface area contributed by atoms with Crippen molar-refractivity contribution in [1.82, 2.24) is 0 Å². The molecule has 0 aliphatic heterocycles. The van der Waals surface area contributed by atoms with Gasteiger partial charge in [-0.1, -0.05) is 50.5 Å². The van der Waals surface area contributed by atoms with Crippen molar-refractivity contribution in [1.29, 1.82) is 0 Å². The van der Waals surface area contributed by atoms with Gasteiger partial charge < -0.3 is 15.3 Å². The molecule has 2 saturated carbocycles. The maximum Gasteiger partial charge on any atom is 0.303 e. The number of fused-ring (bicyclic) bond motifs is 1. The Morgan fingerprint density at radius 1 is 1.31 bits per heavy atom. The van der Waals surface area contributed by atoms with Crippen LogP contribution in [0.5, 0.6) is 0 Å². The number of aliphatic hydroxyl groups excluding tert-OH is 2. The fraction of sp³-hybridized carbons (Fsp3) is 0.773. The summed E-state index contributed by atoms with van der Waals surface area (Å²) in [6, 6.07) is 0. The molecule has 26 heavy (non-hydrogen) atoms. The molecule has 0 aromatic rings. The minimum atomic E-state index is -0.730. The molecule has 6 atom stereocenters. The molecular weight excluding hydrogens is 328 g/mol. The zero-order valence-electron chi connectivity index (χ0n) is 16.3. The lowest BCUT2D eigenvalue weighted by atomic mass is 9.89. The molecule has 0 aromatic carbocycles. The molecular formula is C22H36O4. The Morgan fingerprint density at radius 2 is 2.08 bits per heavy atom. The highest BCUT2D eigenvalue weighted by atomic mass is 16.4. The molecule has 0 amide bonds. The molecule has 2 aliphatic carbocycles. The Bertz CT molecular complexity index is 510. The largest absolute Gasteiger partial charge is 0.481 e. The van der Waals surface area contributed by atoms with Crippen LogP contribution in [-0.2, 0) is 4.79 Å². The lowest BCUT2D eigenvalue weighted by Gasteiger charge is -2.19. The van der Waals surface area contributed by atoms with E-state index < -0.39 is 12.1 Å². The normalized spacial score (nSPS) is 32.2. The molecule has 0 spiro atoms. The highest BCUT2D eigenvalue weighted by Crippen LogP contribution is 2.50. The first-order chi connectivity index (χ1) is 12.4. The Balaban J connectivity index is 1.87. The van der Waals surface area contributed by atoms with Gasteiger partial charge in [-0.2, -0.15) is 0 Å². The zero-order valence-corrected chi connectivity index (χ0v) is 16.3. The molecule has 1 unspecified atom stereocenters. The Hall–Kier alpha value is -1.13. The van der Waals surface area contributed by atoms with E-state index in [-0.39, 0.29) is 24.4 Å². The van der Waals surface area contributed by atoms with E-state index in [2.05, 4.69) is 26.0 Å². The van der Waals surface area contributed by atoms with Crippen LogP contribution >= 0.6 is 0 Å². The second kappa shape index (κ2) is 10.3. The Labute approximate surface area is 158 Å². The summed E-state index contributed by atoms with van der Waals surface area (Å²) in [7, 11) is 0. The van der Waals surface area contributed by atoms with Gasteiger partial charge in [0.1, 0.15) is 0 Å². The van der Waals surface area contributed by atoms with Crippen molar-refractivity contribution in [3.05, 3.63) is 23.8 Å². The van der Waals surface area contributed by atoms with E-state index in [0.717, 1.165) is 44.9 Å². The third-order valence-corrected chi connectivity index (χ3v) is 6.27. The van der Waals surface area contributed by atoms with Crippen molar-refractivity contribution in [2.45, 2.75) is 83.8 Å². The van der Waals surface area contributed by atoms with Crippen molar-refractivity contribution in [2.24, 2.45) is 23.7 Å². The molecule has 2 fully saturated rings. The zero-order chi connectivity index (χ0) is 19.1. The number of carboxylic acid groups (broad SMARTS) is 1. The molecule has 3 N–H and O–H groups in total. The number of hydrogen-bond acceptors (Lipinski definition) is 3. The number of carbonyl (C=O) groups is 1. The molecule has 0 bridgehead atoms. The smallest absolute Gasteiger partial charge is 0.303 e. The van der Waals surface area contributed by atoms with Crippen molar-refractivity contribution in [3.8, 4) is 0 Å². The van der Waals surface area contributed by atoms with Gasteiger partial charge in [0, 0.05) is 12.3 Å². The average molecular weight is 365 g/mol. The predicted molar refractivity (Wildman–Crippen MR) is 104 cm³/mol. The first kappa shape index (κ1) is 21.2. The number of carboxylic acids is 1. The van der Waals surface area contributed by atoms with Crippen LogP contribution in [-0.4, -0.2) is 33.5 Å². The number of rotatable bonds is 10. The quantitative estimate of drug-likeness (QED) is 0.398. The number of allylic oxidation sites excluding steroid dienone is 2. The van der Waals surface area contributed by atoms with Gasteiger partial charge in [0.15, 0.2) is 0 Å². The summed E-state index contributed by atoms with van der Waals surface area (Å²) in [6.07, 6.45) is 13.4. The van der Waals surface area contributed by atoms with Crippen LogP contribution in [0.3, 0.4) is 0 Å². The first-order valence-electron chi connectivity index (χ1n) is 10.4. The highest BCUT2D eigenvalue weighted by molar-refractivity contribution is 5.66. The van der Waals surface area contributed by atoms with E-state index in [0.29, 0.717) is 18.3 Å². The monoisotopic (exact) mass is 364 g/mol. The van der Waals surface area contributed by atoms with Gasteiger partial charge in [0.05, 0.1) is 12.2 Å². The van der Waals surface area contributed by atoms with Gasteiger partial charge in [-0.25, -0.2) is 0 Å². The fourth-order valence-corrected chi connectivity index (χ4v) is 4.63. The maximum atomic E-state index is 10.6. The third kappa shape index (κ3) is 5.95. The average Bonchev–Trinajstić information content (AvgIpc) is 3.10. The lowest BCUT2D eigenvalue weighted by molar-refractivity contribution is -0.137. The van der Waals surface area contributed by atoms with Crippen LogP contribution in [0.1, 0.15) is 71.6 Å². The minimum absolute atomic E-state index is 0.137. The van der Waals surface area contributed by atoms with Crippen molar-refractivity contribution in [2.75, 3.05) is 0 Å². The molecule has 2 aliphatic rings. The molecule has 4 heteroatoms. The molecule has 0 radical (unpaired) electrons.